The molecule has 0 bridgehead atoms. The first kappa shape index (κ1) is 10.8. The summed E-state index contributed by atoms with van der Waals surface area (Å²) in [5.41, 5.74) is 0.317. The van der Waals surface area contributed by atoms with E-state index in [-0.39, 0.29) is 17.9 Å². The number of phenols is 1. The van der Waals surface area contributed by atoms with Crippen molar-refractivity contribution >= 4 is 21.9 Å². The molecule has 1 aromatic carbocycles. The minimum absolute atomic E-state index is 0.135. The van der Waals surface area contributed by atoms with Gasteiger partial charge in [0, 0.05) is 10.0 Å². The highest BCUT2D eigenvalue weighted by Gasteiger charge is 2.14. The summed E-state index contributed by atoms with van der Waals surface area (Å²) in [7, 11) is 1.41. The number of aromatic hydroxyl groups is 1. The highest BCUT2D eigenvalue weighted by atomic mass is 79.9. The molecule has 0 fully saturated rings. The monoisotopic (exact) mass is 260 g/mol. The van der Waals surface area contributed by atoms with Crippen LogP contribution < -0.4 is 4.74 Å². The molecule has 0 aromatic heterocycles. The zero-order valence-corrected chi connectivity index (χ0v) is 9.04. The first-order chi connectivity index (χ1) is 6.56. The maximum Gasteiger partial charge on any atom is 0.308 e. The van der Waals surface area contributed by atoms with E-state index in [9.17, 15) is 9.90 Å². The first-order valence-corrected chi connectivity index (χ1v) is 4.61. The molecule has 0 saturated heterocycles. The van der Waals surface area contributed by atoms with Gasteiger partial charge in [0.05, 0.1) is 13.5 Å². The van der Waals surface area contributed by atoms with Crippen molar-refractivity contribution in [3.8, 4) is 11.5 Å². The molecule has 4 nitrogen and oxygen atoms in total. The van der Waals surface area contributed by atoms with Gasteiger partial charge in [-0.05, 0) is 12.1 Å². The number of ether oxygens (including phenoxy) is 1. The minimum atomic E-state index is -1.01. The highest BCUT2D eigenvalue weighted by molar-refractivity contribution is 9.10. The number of halogens is 1. The zero-order valence-electron chi connectivity index (χ0n) is 7.45. The summed E-state index contributed by atoms with van der Waals surface area (Å²) in [5, 5.41) is 18.2. The van der Waals surface area contributed by atoms with Gasteiger partial charge < -0.3 is 14.9 Å². The molecule has 0 saturated carbocycles. The fourth-order valence-electron chi connectivity index (χ4n) is 1.07. The molecule has 1 rings (SSSR count). The van der Waals surface area contributed by atoms with Crippen molar-refractivity contribution in [1.82, 2.24) is 0 Å². The number of carbonyl (C=O) groups is 1. The van der Waals surface area contributed by atoms with Crippen molar-refractivity contribution in [2.24, 2.45) is 0 Å². The van der Waals surface area contributed by atoms with Crippen molar-refractivity contribution in [3.05, 3.63) is 22.2 Å². The van der Waals surface area contributed by atoms with Crippen LogP contribution in [0.15, 0.2) is 16.6 Å². The van der Waals surface area contributed by atoms with Crippen molar-refractivity contribution in [1.29, 1.82) is 0 Å². The summed E-state index contributed by atoms with van der Waals surface area (Å²) < 4.78 is 5.41. The molecule has 14 heavy (non-hydrogen) atoms. The maximum atomic E-state index is 10.5. The number of phenolic OH excluding ortho intramolecular Hbond substituents is 1. The fourth-order valence-corrected chi connectivity index (χ4v) is 1.53. The molecular weight excluding hydrogens is 252 g/mol. The molecule has 0 unspecified atom stereocenters. The minimum Gasteiger partial charge on any atom is -0.504 e. The molecule has 0 radical (unpaired) electrons. The number of carboxylic acids is 1. The molecule has 0 aliphatic heterocycles. The molecule has 0 spiro atoms. The van der Waals surface area contributed by atoms with E-state index < -0.39 is 5.97 Å². The van der Waals surface area contributed by atoms with Crippen molar-refractivity contribution in [3.63, 3.8) is 0 Å². The van der Waals surface area contributed by atoms with Gasteiger partial charge in [-0.15, -0.1) is 0 Å². The van der Waals surface area contributed by atoms with Crippen LogP contribution in [0.2, 0.25) is 0 Å². The predicted octanol–water partition coefficient (Wildman–Crippen LogP) is 1.79. The smallest absolute Gasteiger partial charge is 0.308 e. The largest absolute Gasteiger partial charge is 0.504 e. The molecule has 0 aliphatic rings. The Hall–Kier alpha value is -1.23. The maximum absolute atomic E-state index is 10.5. The van der Waals surface area contributed by atoms with E-state index in [4.69, 9.17) is 9.84 Å². The number of carboxylic acid groups (broad SMARTS) is 1. The van der Waals surface area contributed by atoms with E-state index in [1.54, 1.807) is 12.1 Å². The molecule has 2 N–H and O–H groups in total. The van der Waals surface area contributed by atoms with Gasteiger partial charge in [-0.25, -0.2) is 0 Å². The molecular formula is C9H9BrO4. The summed E-state index contributed by atoms with van der Waals surface area (Å²) in [6, 6.07) is 3.20. The lowest BCUT2D eigenvalue weighted by molar-refractivity contribution is -0.136. The van der Waals surface area contributed by atoms with E-state index in [2.05, 4.69) is 15.9 Å². The topological polar surface area (TPSA) is 66.8 Å². The normalized spacial score (nSPS) is 9.86. The van der Waals surface area contributed by atoms with E-state index >= 15 is 0 Å². The SMILES string of the molecule is COc1ccc(Br)c(CC(=O)O)c1O. The van der Waals surface area contributed by atoms with Gasteiger partial charge in [-0.2, -0.15) is 0 Å². The average Bonchev–Trinajstić information content (AvgIpc) is 2.12. The summed E-state index contributed by atoms with van der Waals surface area (Å²) in [5.74, 6) is -0.872. The van der Waals surface area contributed by atoms with E-state index in [1.165, 1.54) is 7.11 Å². The van der Waals surface area contributed by atoms with Crippen LogP contribution in [0.25, 0.3) is 0 Å². The summed E-state index contributed by atoms with van der Waals surface area (Å²) in [6.45, 7) is 0. The van der Waals surface area contributed by atoms with Crippen molar-refractivity contribution in [2.75, 3.05) is 7.11 Å². The molecule has 1 aromatic rings. The molecule has 5 heteroatoms. The Kier molecular flexibility index (Phi) is 3.35. The second kappa shape index (κ2) is 4.32. The third-order valence-corrected chi connectivity index (χ3v) is 2.48. The second-order valence-corrected chi connectivity index (χ2v) is 3.50. The second-order valence-electron chi connectivity index (χ2n) is 2.65. The van der Waals surface area contributed by atoms with Gasteiger partial charge in [0.15, 0.2) is 11.5 Å². The van der Waals surface area contributed by atoms with Crippen LogP contribution in [0.1, 0.15) is 5.56 Å². The molecule has 0 aliphatic carbocycles. The third-order valence-electron chi connectivity index (χ3n) is 1.74. The number of benzene rings is 1. The van der Waals surface area contributed by atoms with E-state index in [0.717, 1.165) is 0 Å². The van der Waals surface area contributed by atoms with Gasteiger partial charge in [0.1, 0.15) is 0 Å². The van der Waals surface area contributed by atoms with Crippen molar-refractivity contribution in [2.45, 2.75) is 6.42 Å². The Labute approximate surface area is 89.3 Å². The Morgan fingerprint density at radius 2 is 2.21 bits per heavy atom. The van der Waals surface area contributed by atoms with Gasteiger partial charge in [0.25, 0.3) is 0 Å². The van der Waals surface area contributed by atoms with E-state index in [0.29, 0.717) is 10.0 Å². The van der Waals surface area contributed by atoms with Crippen LogP contribution in [0.4, 0.5) is 0 Å². The van der Waals surface area contributed by atoms with Gasteiger partial charge >= 0.3 is 5.97 Å². The van der Waals surface area contributed by atoms with Crippen LogP contribution in [-0.4, -0.2) is 23.3 Å². The average molecular weight is 261 g/mol. The molecule has 76 valence electrons. The molecule has 0 amide bonds. The summed E-state index contributed by atoms with van der Waals surface area (Å²) in [6.07, 6.45) is -0.246. The number of rotatable bonds is 3. The highest BCUT2D eigenvalue weighted by Crippen LogP contribution is 2.35. The Balaban J connectivity index is 3.18. The van der Waals surface area contributed by atoms with Crippen LogP contribution >= 0.6 is 15.9 Å². The fraction of sp³-hybridized carbons (Fsp3) is 0.222. The summed E-state index contributed by atoms with van der Waals surface area (Å²) in [4.78, 5) is 10.5. The van der Waals surface area contributed by atoms with Crippen LogP contribution in [0.5, 0.6) is 11.5 Å². The Morgan fingerprint density at radius 1 is 1.57 bits per heavy atom. The number of hydrogen-bond acceptors (Lipinski definition) is 3. The van der Waals surface area contributed by atoms with Crippen LogP contribution in [-0.2, 0) is 11.2 Å². The third kappa shape index (κ3) is 2.17. The standard InChI is InChI=1S/C9H9BrO4/c1-14-7-3-2-6(10)5(9(7)13)4-8(11)12/h2-3,13H,4H2,1H3,(H,11,12). The zero-order chi connectivity index (χ0) is 10.7. The number of methoxy groups -OCH3 is 1. The lowest BCUT2D eigenvalue weighted by Gasteiger charge is -2.08. The molecule has 0 heterocycles. The number of aliphatic carboxylic acids is 1. The number of hydrogen-bond donors (Lipinski definition) is 2. The Morgan fingerprint density at radius 3 is 2.71 bits per heavy atom. The predicted molar refractivity (Wildman–Crippen MR) is 53.7 cm³/mol. The van der Waals surface area contributed by atoms with Gasteiger partial charge in [-0.3, -0.25) is 4.79 Å². The van der Waals surface area contributed by atoms with Gasteiger partial charge in [-0.1, -0.05) is 15.9 Å². The first-order valence-electron chi connectivity index (χ1n) is 3.82. The Bertz CT molecular complexity index is 362. The van der Waals surface area contributed by atoms with Crippen LogP contribution in [0.3, 0.4) is 0 Å². The lowest BCUT2D eigenvalue weighted by atomic mass is 10.1. The quantitative estimate of drug-likeness (QED) is 0.870. The van der Waals surface area contributed by atoms with Gasteiger partial charge in [0.2, 0.25) is 0 Å². The lowest BCUT2D eigenvalue weighted by Crippen LogP contribution is -2.02. The van der Waals surface area contributed by atoms with Crippen LogP contribution in [0, 0.1) is 0 Å². The molecule has 0 atom stereocenters. The van der Waals surface area contributed by atoms with E-state index in [1.807, 2.05) is 0 Å². The van der Waals surface area contributed by atoms with Crippen molar-refractivity contribution < 1.29 is 19.7 Å². The summed E-state index contributed by atoms with van der Waals surface area (Å²) >= 11 is 3.16.